The maximum absolute atomic E-state index is 13.9. The Labute approximate surface area is 243 Å². The second kappa shape index (κ2) is 17.3. The molecule has 0 saturated carbocycles. The maximum atomic E-state index is 13.9. The molecule has 236 valence electrons. The van der Waals surface area contributed by atoms with Gasteiger partial charge >= 0.3 is 31.8 Å². The lowest BCUT2D eigenvalue weighted by Crippen LogP contribution is -2.29. The molecule has 0 saturated heterocycles. The number of ether oxygens (including phenoxy) is 5. The average Bonchev–Trinajstić information content (AvgIpc) is 2.80. The molecular weight excluding hydrogens is 581 g/mol. The number of benzene rings is 1. The molecule has 0 heterocycles. The van der Waals surface area contributed by atoms with Gasteiger partial charge in [0.15, 0.2) is 0 Å². The number of carbonyl (C=O) groups is 5. The highest BCUT2D eigenvalue weighted by molar-refractivity contribution is 7.53. The maximum Gasteiger partial charge on any atom is 0.510 e. The van der Waals surface area contributed by atoms with Crippen molar-refractivity contribution in [2.45, 2.75) is 86.1 Å². The molecular formula is C26H38NO14P. The minimum absolute atomic E-state index is 0.0485. The van der Waals surface area contributed by atoms with Crippen LogP contribution in [0.5, 0.6) is 5.75 Å². The van der Waals surface area contributed by atoms with Crippen molar-refractivity contribution >= 4 is 43.4 Å². The molecule has 0 aliphatic heterocycles. The summed E-state index contributed by atoms with van der Waals surface area (Å²) < 4.78 is 49.7. The first kappa shape index (κ1) is 36.3. The summed E-state index contributed by atoms with van der Waals surface area (Å²) in [7, 11) is -4.52. The molecule has 0 radical (unpaired) electrons. The molecule has 3 atom stereocenters. The van der Waals surface area contributed by atoms with Crippen LogP contribution in [-0.2, 0) is 46.9 Å². The van der Waals surface area contributed by atoms with Gasteiger partial charge in [-0.25, -0.2) is 9.59 Å². The predicted molar refractivity (Wildman–Crippen MR) is 146 cm³/mol. The van der Waals surface area contributed by atoms with Crippen molar-refractivity contribution in [3.63, 3.8) is 0 Å². The first-order valence-corrected chi connectivity index (χ1v) is 14.7. The number of carbonyl (C=O) groups excluding carboxylic acids is 4. The van der Waals surface area contributed by atoms with Crippen molar-refractivity contribution in [1.82, 2.24) is 0 Å². The number of carboxylic acids is 1. The van der Waals surface area contributed by atoms with Gasteiger partial charge in [-0.1, -0.05) is 0 Å². The summed E-state index contributed by atoms with van der Waals surface area (Å²) in [6.07, 6.45) is -8.01. The van der Waals surface area contributed by atoms with E-state index in [2.05, 4.69) is 5.32 Å². The standard InChI is InChI=1S/C26H38NO14P/c1-15(2)35-25(32)37-18(6)40-42(34,41-19(7)38-26(33)36-16(3)4)14-20(8-13-23(29)30)24(31)39-22-11-9-21(10-12-22)27-17(5)28/h9-12,15-16,18-20H,8,13-14H2,1-7H3,(H,27,28)(H,29,30). The van der Waals surface area contributed by atoms with Crippen LogP contribution in [0.2, 0.25) is 0 Å². The van der Waals surface area contributed by atoms with Crippen LogP contribution in [-0.4, -0.2) is 66.2 Å². The van der Waals surface area contributed by atoms with Crippen LogP contribution in [0.15, 0.2) is 24.3 Å². The number of rotatable bonds is 16. The fourth-order valence-electron chi connectivity index (χ4n) is 3.18. The molecule has 0 bridgehead atoms. The van der Waals surface area contributed by atoms with Crippen LogP contribution >= 0.6 is 7.60 Å². The van der Waals surface area contributed by atoms with Gasteiger partial charge in [-0.15, -0.1) is 0 Å². The van der Waals surface area contributed by atoms with Crippen molar-refractivity contribution in [3.05, 3.63) is 24.3 Å². The Morgan fingerprint density at radius 3 is 1.69 bits per heavy atom. The van der Waals surface area contributed by atoms with E-state index in [4.69, 9.17) is 32.7 Å². The first-order chi connectivity index (χ1) is 19.5. The second-order valence-corrected chi connectivity index (χ2v) is 11.5. The molecule has 1 amide bonds. The quantitative estimate of drug-likeness (QED) is 0.107. The zero-order valence-electron chi connectivity index (χ0n) is 24.5. The Morgan fingerprint density at radius 2 is 1.29 bits per heavy atom. The molecule has 15 nitrogen and oxygen atoms in total. The molecule has 2 N–H and O–H groups in total. The van der Waals surface area contributed by atoms with E-state index in [9.17, 15) is 33.6 Å². The first-order valence-electron chi connectivity index (χ1n) is 13.0. The van der Waals surface area contributed by atoms with Crippen LogP contribution in [0.25, 0.3) is 0 Å². The molecule has 0 aliphatic carbocycles. The van der Waals surface area contributed by atoms with Gasteiger partial charge < -0.3 is 34.1 Å². The smallest absolute Gasteiger partial charge is 0.481 e. The molecule has 0 aliphatic rings. The SMILES string of the molecule is CC(=O)Nc1ccc(OC(=O)C(CCC(=O)O)CP(=O)(OC(C)OC(=O)OC(C)C)OC(C)OC(=O)OC(C)C)cc1. The lowest BCUT2D eigenvalue weighted by atomic mass is 10.1. The largest absolute Gasteiger partial charge is 0.510 e. The van der Waals surface area contributed by atoms with Crippen LogP contribution in [0.4, 0.5) is 15.3 Å². The third-order valence-corrected chi connectivity index (χ3v) is 6.81. The van der Waals surface area contributed by atoms with E-state index < -0.39 is 75.1 Å². The van der Waals surface area contributed by atoms with Gasteiger partial charge in [-0.2, -0.15) is 0 Å². The van der Waals surface area contributed by atoms with Gasteiger partial charge in [0.1, 0.15) is 5.75 Å². The van der Waals surface area contributed by atoms with Gasteiger partial charge in [-0.3, -0.25) is 28.0 Å². The third kappa shape index (κ3) is 15.4. The number of amides is 1. The minimum Gasteiger partial charge on any atom is -0.481 e. The Balaban J connectivity index is 3.21. The number of anilines is 1. The molecule has 1 aromatic carbocycles. The van der Waals surface area contributed by atoms with E-state index >= 15 is 0 Å². The van der Waals surface area contributed by atoms with Crippen LogP contribution < -0.4 is 10.1 Å². The molecule has 42 heavy (non-hydrogen) atoms. The van der Waals surface area contributed by atoms with Crippen LogP contribution in [0.1, 0.15) is 61.3 Å². The number of esters is 1. The lowest BCUT2D eigenvalue weighted by molar-refractivity contribution is -0.141. The van der Waals surface area contributed by atoms with Gasteiger partial charge in [0, 0.05) is 19.0 Å². The van der Waals surface area contributed by atoms with Crippen LogP contribution in [0, 0.1) is 5.92 Å². The number of aliphatic carboxylic acids is 1. The van der Waals surface area contributed by atoms with Gasteiger partial charge in [0.2, 0.25) is 18.5 Å². The minimum atomic E-state index is -4.52. The molecule has 0 aromatic heterocycles. The summed E-state index contributed by atoms with van der Waals surface area (Å²) in [6, 6.07) is 5.71. The predicted octanol–water partition coefficient (Wildman–Crippen LogP) is 5.07. The highest BCUT2D eigenvalue weighted by Crippen LogP contribution is 2.53. The monoisotopic (exact) mass is 619 g/mol. The highest BCUT2D eigenvalue weighted by atomic mass is 31.2. The molecule has 1 rings (SSSR count). The summed E-state index contributed by atoms with van der Waals surface area (Å²) in [5.41, 5.74) is 0.436. The summed E-state index contributed by atoms with van der Waals surface area (Å²) >= 11 is 0. The molecule has 16 heteroatoms. The van der Waals surface area contributed by atoms with E-state index in [-0.39, 0.29) is 18.1 Å². The fraction of sp³-hybridized carbons (Fsp3) is 0.577. The highest BCUT2D eigenvalue weighted by Gasteiger charge is 2.39. The Hall–Kier alpha value is -3.68. The Bertz CT molecular complexity index is 1080. The van der Waals surface area contributed by atoms with Gasteiger partial charge in [0.05, 0.1) is 24.3 Å². The van der Waals surface area contributed by atoms with Crippen LogP contribution in [0.3, 0.4) is 0 Å². The van der Waals surface area contributed by atoms with E-state index in [0.717, 1.165) is 0 Å². The van der Waals surface area contributed by atoms with Crippen molar-refractivity contribution in [2.24, 2.45) is 5.92 Å². The third-order valence-electron chi connectivity index (χ3n) is 4.68. The summed E-state index contributed by atoms with van der Waals surface area (Å²) in [5, 5.41) is 11.8. The van der Waals surface area contributed by atoms with Gasteiger partial charge in [0.25, 0.3) is 0 Å². The van der Waals surface area contributed by atoms with Crippen molar-refractivity contribution < 1.29 is 66.4 Å². The zero-order valence-corrected chi connectivity index (χ0v) is 25.4. The van der Waals surface area contributed by atoms with Gasteiger partial charge in [-0.05, 0) is 72.2 Å². The zero-order chi connectivity index (χ0) is 32.0. The topological polar surface area (TPSA) is 199 Å². The van der Waals surface area contributed by atoms with E-state index in [0.29, 0.717) is 5.69 Å². The molecule has 0 fully saturated rings. The number of hydrogen-bond acceptors (Lipinski definition) is 13. The number of carboxylic acid groups (broad SMARTS) is 1. The molecule has 3 unspecified atom stereocenters. The average molecular weight is 620 g/mol. The molecule has 1 aromatic rings. The summed E-state index contributed by atoms with van der Waals surface area (Å²) in [6.45, 7) is 10.0. The number of nitrogens with one attached hydrogen (secondary N) is 1. The van der Waals surface area contributed by atoms with E-state index in [1.165, 1.54) is 45.0 Å². The molecule has 0 spiro atoms. The Morgan fingerprint density at radius 1 is 0.810 bits per heavy atom. The normalized spacial score (nSPS) is 14.6. The summed E-state index contributed by atoms with van der Waals surface area (Å²) in [5.74, 6) is -3.85. The fourth-order valence-corrected chi connectivity index (χ4v) is 5.26. The van der Waals surface area contributed by atoms with E-state index in [1.54, 1.807) is 27.7 Å². The Kier molecular flexibility index (Phi) is 15.0. The van der Waals surface area contributed by atoms with Crippen molar-refractivity contribution in [3.8, 4) is 5.75 Å². The van der Waals surface area contributed by atoms with Crippen molar-refractivity contribution in [2.75, 3.05) is 11.5 Å². The number of hydrogen-bond donors (Lipinski definition) is 2. The lowest BCUT2D eigenvalue weighted by Gasteiger charge is -2.27. The second-order valence-electron chi connectivity index (χ2n) is 9.46. The van der Waals surface area contributed by atoms with E-state index in [1.807, 2.05) is 0 Å². The summed E-state index contributed by atoms with van der Waals surface area (Å²) in [4.78, 5) is 59.4. The van der Waals surface area contributed by atoms with Crippen molar-refractivity contribution in [1.29, 1.82) is 0 Å².